The maximum Gasteiger partial charge on any atom is 0.168 e. The van der Waals surface area contributed by atoms with E-state index >= 15 is 0 Å². The first-order valence-corrected chi connectivity index (χ1v) is 6.60. The number of nitrogens with zero attached hydrogens (tertiary/aromatic N) is 4. The Bertz CT molecular complexity index is 754. The predicted octanol–water partition coefficient (Wildman–Crippen LogP) is 1.19. The minimum atomic E-state index is 0.537. The van der Waals surface area contributed by atoms with Crippen molar-refractivity contribution in [2.75, 3.05) is 25.5 Å². The average Bonchev–Trinajstić information content (AvgIpc) is 2.97. The minimum absolute atomic E-state index is 0.537. The number of fused-ring (bicyclic) bond motifs is 1. The summed E-state index contributed by atoms with van der Waals surface area (Å²) in [6.45, 7) is 1.19. The summed E-state index contributed by atoms with van der Waals surface area (Å²) in [5.74, 6) is 1.51. The molecule has 0 bridgehead atoms. The Morgan fingerprint density at radius 3 is 3.05 bits per heavy atom. The maximum absolute atomic E-state index is 5.51. The van der Waals surface area contributed by atoms with Crippen molar-refractivity contribution in [1.82, 2.24) is 19.7 Å². The van der Waals surface area contributed by atoms with Crippen molar-refractivity contribution in [1.29, 1.82) is 0 Å². The van der Waals surface area contributed by atoms with Crippen molar-refractivity contribution in [3.8, 4) is 11.4 Å². The van der Waals surface area contributed by atoms with Gasteiger partial charge in [0.1, 0.15) is 17.9 Å². The summed E-state index contributed by atoms with van der Waals surface area (Å²) in [6.07, 6.45) is 3.26. The van der Waals surface area contributed by atoms with Crippen molar-refractivity contribution in [3.05, 3.63) is 36.8 Å². The Hall–Kier alpha value is -2.67. The third-order valence-electron chi connectivity index (χ3n) is 3.10. The van der Waals surface area contributed by atoms with Crippen LogP contribution in [0.3, 0.4) is 0 Å². The lowest BCUT2D eigenvalue weighted by Crippen LogP contribution is -2.14. The first-order chi connectivity index (χ1) is 10.3. The monoisotopic (exact) mass is 284 g/mol. The first kappa shape index (κ1) is 13.3. The van der Waals surface area contributed by atoms with Crippen LogP contribution in [0.5, 0.6) is 5.75 Å². The zero-order valence-corrected chi connectivity index (χ0v) is 11.7. The van der Waals surface area contributed by atoms with Crippen molar-refractivity contribution in [2.24, 2.45) is 5.73 Å². The van der Waals surface area contributed by atoms with E-state index in [9.17, 15) is 0 Å². The van der Waals surface area contributed by atoms with E-state index in [0.717, 1.165) is 28.3 Å². The van der Waals surface area contributed by atoms with E-state index in [0.29, 0.717) is 13.1 Å². The molecule has 3 aromatic rings. The van der Waals surface area contributed by atoms with Gasteiger partial charge in [-0.15, -0.1) is 0 Å². The van der Waals surface area contributed by atoms with Crippen molar-refractivity contribution >= 4 is 16.9 Å². The summed E-state index contributed by atoms with van der Waals surface area (Å²) >= 11 is 0. The van der Waals surface area contributed by atoms with E-state index in [-0.39, 0.29) is 0 Å². The third kappa shape index (κ3) is 2.50. The van der Waals surface area contributed by atoms with Gasteiger partial charge < -0.3 is 15.8 Å². The Kier molecular flexibility index (Phi) is 3.65. The molecule has 108 valence electrons. The molecule has 7 nitrogen and oxygen atoms in total. The fourth-order valence-corrected chi connectivity index (χ4v) is 2.11. The van der Waals surface area contributed by atoms with Gasteiger partial charge >= 0.3 is 0 Å². The van der Waals surface area contributed by atoms with Crippen LogP contribution in [0.1, 0.15) is 0 Å². The number of rotatable bonds is 5. The van der Waals surface area contributed by atoms with E-state index in [1.165, 1.54) is 6.33 Å². The SMILES string of the molecule is COc1cccc(-n2ncc3c(NCCN)ncnc32)c1. The van der Waals surface area contributed by atoms with Gasteiger partial charge in [-0.2, -0.15) is 5.10 Å². The van der Waals surface area contributed by atoms with E-state index < -0.39 is 0 Å². The molecule has 0 aliphatic heterocycles. The molecule has 0 aliphatic rings. The second-order valence-electron chi connectivity index (χ2n) is 4.43. The molecule has 3 N–H and O–H groups in total. The van der Waals surface area contributed by atoms with Crippen LogP contribution in [-0.4, -0.2) is 39.9 Å². The van der Waals surface area contributed by atoms with E-state index in [1.807, 2.05) is 24.3 Å². The van der Waals surface area contributed by atoms with Gasteiger partial charge in [0, 0.05) is 19.2 Å². The fraction of sp³-hybridized carbons (Fsp3) is 0.214. The van der Waals surface area contributed by atoms with Crippen molar-refractivity contribution in [3.63, 3.8) is 0 Å². The van der Waals surface area contributed by atoms with Gasteiger partial charge in [-0.3, -0.25) is 0 Å². The van der Waals surface area contributed by atoms with Gasteiger partial charge in [0.15, 0.2) is 5.65 Å². The molecule has 0 unspecified atom stereocenters. The summed E-state index contributed by atoms with van der Waals surface area (Å²) in [7, 11) is 1.64. The molecule has 0 fully saturated rings. The van der Waals surface area contributed by atoms with Gasteiger partial charge in [0.05, 0.1) is 24.4 Å². The fourth-order valence-electron chi connectivity index (χ4n) is 2.11. The smallest absolute Gasteiger partial charge is 0.168 e. The highest BCUT2D eigenvalue weighted by molar-refractivity contribution is 5.87. The predicted molar refractivity (Wildman–Crippen MR) is 80.8 cm³/mol. The van der Waals surface area contributed by atoms with Crippen LogP contribution < -0.4 is 15.8 Å². The standard InChI is InChI=1S/C14H16N6O/c1-21-11-4-2-3-10(7-11)20-14-12(8-19-20)13(16-6-5-15)17-9-18-14/h2-4,7-9H,5-6,15H2,1H3,(H,16,17,18). The number of anilines is 1. The van der Waals surface area contributed by atoms with Crippen molar-refractivity contribution in [2.45, 2.75) is 0 Å². The molecule has 0 saturated heterocycles. The molecule has 0 radical (unpaired) electrons. The molecule has 0 amide bonds. The Morgan fingerprint density at radius 2 is 2.24 bits per heavy atom. The highest BCUT2D eigenvalue weighted by Gasteiger charge is 2.11. The normalized spacial score (nSPS) is 10.8. The molecule has 0 atom stereocenters. The highest BCUT2D eigenvalue weighted by atomic mass is 16.5. The topological polar surface area (TPSA) is 90.9 Å². The molecule has 3 rings (SSSR count). The van der Waals surface area contributed by atoms with Gasteiger partial charge in [0.25, 0.3) is 0 Å². The Labute approximate surface area is 121 Å². The second kappa shape index (κ2) is 5.76. The number of nitrogens with one attached hydrogen (secondary N) is 1. The second-order valence-corrected chi connectivity index (χ2v) is 4.43. The molecular weight excluding hydrogens is 268 g/mol. The van der Waals surface area contributed by atoms with Gasteiger partial charge in [-0.05, 0) is 12.1 Å². The Balaban J connectivity index is 2.07. The third-order valence-corrected chi connectivity index (χ3v) is 3.10. The lowest BCUT2D eigenvalue weighted by Gasteiger charge is -2.06. The van der Waals surface area contributed by atoms with Gasteiger partial charge in [0.2, 0.25) is 0 Å². The molecule has 1 aromatic carbocycles. The number of hydrogen-bond donors (Lipinski definition) is 2. The number of benzene rings is 1. The summed E-state index contributed by atoms with van der Waals surface area (Å²) in [5, 5.41) is 8.42. The zero-order chi connectivity index (χ0) is 14.7. The number of nitrogens with two attached hydrogens (primary N) is 1. The van der Waals surface area contributed by atoms with E-state index in [2.05, 4.69) is 20.4 Å². The van der Waals surface area contributed by atoms with Crippen LogP contribution in [0.15, 0.2) is 36.8 Å². The zero-order valence-electron chi connectivity index (χ0n) is 11.7. The lowest BCUT2D eigenvalue weighted by molar-refractivity contribution is 0.414. The van der Waals surface area contributed by atoms with Crippen LogP contribution in [0.2, 0.25) is 0 Å². The molecular formula is C14H16N6O. The van der Waals surface area contributed by atoms with E-state index in [1.54, 1.807) is 18.0 Å². The van der Waals surface area contributed by atoms with E-state index in [4.69, 9.17) is 10.5 Å². The molecule has 0 saturated carbocycles. The molecule has 2 heterocycles. The Morgan fingerprint density at radius 1 is 1.33 bits per heavy atom. The molecule has 21 heavy (non-hydrogen) atoms. The number of hydrogen-bond acceptors (Lipinski definition) is 6. The maximum atomic E-state index is 5.51. The van der Waals surface area contributed by atoms with Crippen molar-refractivity contribution < 1.29 is 4.74 Å². The molecule has 0 aliphatic carbocycles. The van der Waals surface area contributed by atoms with Crippen LogP contribution in [0, 0.1) is 0 Å². The minimum Gasteiger partial charge on any atom is -0.497 e. The molecule has 7 heteroatoms. The van der Waals surface area contributed by atoms with Gasteiger partial charge in [-0.1, -0.05) is 6.07 Å². The molecule has 2 aromatic heterocycles. The summed E-state index contributed by atoms with van der Waals surface area (Å²) < 4.78 is 7.00. The van der Waals surface area contributed by atoms with Crippen LogP contribution >= 0.6 is 0 Å². The largest absolute Gasteiger partial charge is 0.497 e. The summed E-state index contributed by atoms with van der Waals surface area (Å²) in [5.41, 5.74) is 7.12. The molecule has 0 spiro atoms. The van der Waals surface area contributed by atoms with Crippen LogP contribution in [0.25, 0.3) is 16.7 Å². The lowest BCUT2D eigenvalue weighted by atomic mass is 10.3. The van der Waals surface area contributed by atoms with Crippen LogP contribution in [-0.2, 0) is 0 Å². The number of aromatic nitrogens is 4. The summed E-state index contributed by atoms with van der Waals surface area (Å²) in [6, 6.07) is 7.65. The highest BCUT2D eigenvalue weighted by Crippen LogP contribution is 2.23. The van der Waals surface area contributed by atoms with Gasteiger partial charge in [-0.25, -0.2) is 14.6 Å². The van der Waals surface area contributed by atoms with Crippen LogP contribution in [0.4, 0.5) is 5.82 Å². The summed E-state index contributed by atoms with van der Waals surface area (Å²) in [4.78, 5) is 8.55. The first-order valence-electron chi connectivity index (χ1n) is 6.60. The number of ether oxygens (including phenoxy) is 1. The number of methoxy groups -OCH3 is 1. The average molecular weight is 284 g/mol. The quantitative estimate of drug-likeness (QED) is 0.731.